The fraction of sp³-hybridized carbons (Fsp3) is 0.222. The molecular weight excluding hydrogens is 216 g/mol. The van der Waals surface area contributed by atoms with Gasteiger partial charge in [-0.3, -0.25) is 0 Å². The predicted octanol–water partition coefficient (Wildman–Crippen LogP) is 5.78. The Bertz CT molecular complexity index is 458. The fourth-order valence-corrected chi connectivity index (χ4v) is 1.56. The molecule has 0 heterocycles. The maximum atomic E-state index is 3.83. The molecule has 0 bridgehead atoms. The summed E-state index contributed by atoms with van der Waals surface area (Å²) < 4.78 is 0. The average molecular weight is 240 g/mol. The van der Waals surface area contributed by atoms with E-state index < -0.39 is 0 Å². The van der Waals surface area contributed by atoms with E-state index in [9.17, 15) is 0 Å². The van der Waals surface area contributed by atoms with Gasteiger partial charge < -0.3 is 0 Å². The molecule has 0 saturated carbocycles. The summed E-state index contributed by atoms with van der Waals surface area (Å²) in [6.07, 6.45) is 0. The minimum absolute atomic E-state index is 0. The van der Waals surface area contributed by atoms with Crippen molar-refractivity contribution in [3.8, 4) is 0 Å². The zero-order valence-corrected chi connectivity index (χ0v) is 11.6. The molecule has 0 spiro atoms. The van der Waals surface area contributed by atoms with Crippen molar-refractivity contribution in [3.05, 3.63) is 78.4 Å². The molecule has 0 heteroatoms. The number of hydrogen-bond donors (Lipinski definition) is 0. The second kappa shape index (κ2) is 7.50. The summed E-state index contributed by atoms with van der Waals surface area (Å²) >= 11 is 0. The van der Waals surface area contributed by atoms with E-state index in [-0.39, 0.29) is 1.43 Å². The van der Waals surface area contributed by atoms with Crippen LogP contribution in [0.25, 0.3) is 5.57 Å². The number of allylic oxidation sites excluding steroid dienone is 1. The third kappa shape index (κ3) is 5.01. The van der Waals surface area contributed by atoms with Crippen LogP contribution in [0.2, 0.25) is 0 Å². The third-order valence-corrected chi connectivity index (χ3v) is 2.73. The largest absolute Gasteiger partial charge is 0.0955 e. The Morgan fingerprint density at radius 3 is 1.61 bits per heavy atom. The molecule has 0 unspecified atom stereocenters. The Hall–Kier alpha value is -1.82. The Morgan fingerprint density at radius 2 is 1.33 bits per heavy atom. The van der Waals surface area contributed by atoms with Gasteiger partial charge in [-0.05, 0) is 24.0 Å². The first-order valence-electron chi connectivity index (χ1n) is 6.37. The standard InChI is InChI=1S/C9H12.C9H10.H2/c2*1-8(2)9-6-4-3-5-7-9;/h3-8H,1-2H3;3-7H,1H2,2H3;1H. The Labute approximate surface area is 112 Å². The first kappa shape index (κ1) is 14.2. The van der Waals surface area contributed by atoms with E-state index in [2.05, 4.69) is 56.8 Å². The highest BCUT2D eigenvalue weighted by Gasteiger charge is 1.93. The molecule has 2 rings (SSSR count). The van der Waals surface area contributed by atoms with Crippen LogP contribution in [-0.2, 0) is 0 Å². The van der Waals surface area contributed by atoms with E-state index in [1.54, 1.807) is 0 Å². The number of benzene rings is 2. The van der Waals surface area contributed by atoms with E-state index in [1.807, 2.05) is 31.2 Å². The maximum absolute atomic E-state index is 3.83. The highest BCUT2D eigenvalue weighted by atomic mass is 14.0. The molecule has 0 saturated heterocycles. The summed E-state index contributed by atoms with van der Waals surface area (Å²) in [6.45, 7) is 10.2. The molecule has 2 aromatic carbocycles. The van der Waals surface area contributed by atoms with Gasteiger partial charge in [0.2, 0.25) is 0 Å². The second-order valence-electron chi connectivity index (χ2n) is 4.71. The third-order valence-electron chi connectivity index (χ3n) is 2.73. The van der Waals surface area contributed by atoms with Crippen LogP contribution < -0.4 is 0 Å². The molecule has 0 atom stereocenters. The predicted molar refractivity (Wildman–Crippen MR) is 83.8 cm³/mol. The molecular formula is C18H24. The summed E-state index contributed by atoms with van der Waals surface area (Å²) in [5.74, 6) is 0.659. The van der Waals surface area contributed by atoms with Crippen molar-refractivity contribution in [2.75, 3.05) is 0 Å². The molecule has 96 valence electrons. The van der Waals surface area contributed by atoms with Crippen molar-refractivity contribution in [2.24, 2.45) is 0 Å². The van der Waals surface area contributed by atoms with Crippen LogP contribution in [0, 0.1) is 0 Å². The first-order valence-corrected chi connectivity index (χ1v) is 6.37. The molecule has 0 nitrogen and oxygen atoms in total. The van der Waals surface area contributed by atoms with E-state index in [0.717, 1.165) is 5.57 Å². The van der Waals surface area contributed by atoms with Crippen molar-refractivity contribution in [1.29, 1.82) is 0 Å². The van der Waals surface area contributed by atoms with Gasteiger partial charge in [0, 0.05) is 1.43 Å². The quantitative estimate of drug-likeness (QED) is 0.624. The van der Waals surface area contributed by atoms with Crippen LogP contribution in [0.15, 0.2) is 67.2 Å². The molecule has 0 fully saturated rings. The zero-order chi connectivity index (χ0) is 13.4. The highest BCUT2D eigenvalue weighted by Crippen LogP contribution is 2.11. The number of rotatable bonds is 2. The van der Waals surface area contributed by atoms with Gasteiger partial charge in [0.25, 0.3) is 0 Å². The van der Waals surface area contributed by atoms with Crippen LogP contribution in [0.5, 0.6) is 0 Å². The van der Waals surface area contributed by atoms with E-state index in [0.29, 0.717) is 5.92 Å². The van der Waals surface area contributed by atoms with Crippen LogP contribution in [0.1, 0.15) is 39.2 Å². The monoisotopic (exact) mass is 240 g/mol. The van der Waals surface area contributed by atoms with E-state index in [4.69, 9.17) is 0 Å². The van der Waals surface area contributed by atoms with Gasteiger partial charge in [-0.1, -0.05) is 86.7 Å². The number of hydrogen-bond acceptors (Lipinski definition) is 0. The van der Waals surface area contributed by atoms with E-state index >= 15 is 0 Å². The van der Waals surface area contributed by atoms with Crippen molar-refractivity contribution >= 4 is 5.57 Å². The van der Waals surface area contributed by atoms with E-state index in [1.165, 1.54) is 11.1 Å². The lowest BCUT2D eigenvalue weighted by Gasteiger charge is -2.01. The van der Waals surface area contributed by atoms with Crippen molar-refractivity contribution < 1.29 is 1.43 Å². The molecule has 0 aliphatic heterocycles. The fourth-order valence-electron chi connectivity index (χ4n) is 1.56. The molecule has 0 amide bonds. The highest BCUT2D eigenvalue weighted by molar-refractivity contribution is 5.60. The molecule has 0 aliphatic carbocycles. The second-order valence-corrected chi connectivity index (χ2v) is 4.71. The van der Waals surface area contributed by atoms with Crippen molar-refractivity contribution in [3.63, 3.8) is 0 Å². The van der Waals surface area contributed by atoms with Gasteiger partial charge in [0.15, 0.2) is 0 Å². The summed E-state index contributed by atoms with van der Waals surface area (Å²) in [6, 6.07) is 20.7. The zero-order valence-electron chi connectivity index (χ0n) is 11.6. The molecule has 0 radical (unpaired) electrons. The molecule has 18 heavy (non-hydrogen) atoms. The SMILES string of the molecule is C=C(C)c1ccccc1.CC(C)c1ccccc1.[HH]. The summed E-state index contributed by atoms with van der Waals surface area (Å²) in [5, 5.41) is 0. The lowest BCUT2D eigenvalue weighted by Crippen LogP contribution is -1.83. The molecule has 0 N–H and O–H groups in total. The van der Waals surface area contributed by atoms with Crippen LogP contribution in [0.3, 0.4) is 0 Å². The topological polar surface area (TPSA) is 0 Å². The minimum Gasteiger partial charge on any atom is -0.0955 e. The Morgan fingerprint density at radius 1 is 0.889 bits per heavy atom. The van der Waals surface area contributed by atoms with Crippen molar-refractivity contribution in [1.82, 2.24) is 0 Å². The molecule has 0 aliphatic rings. The maximum Gasteiger partial charge on any atom is 0 e. The van der Waals surface area contributed by atoms with Gasteiger partial charge in [0.1, 0.15) is 0 Å². The van der Waals surface area contributed by atoms with Gasteiger partial charge in [-0.2, -0.15) is 0 Å². The van der Waals surface area contributed by atoms with Crippen LogP contribution >= 0.6 is 0 Å². The Kier molecular flexibility index (Phi) is 5.93. The summed E-state index contributed by atoms with van der Waals surface area (Å²) in [7, 11) is 0. The minimum atomic E-state index is 0. The lowest BCUT2D eigenvalue weighted by atomic mass is 10.0. The summed E-state index contributed by atoms with van der Waals surface area (Å²) in [5.41, 5.74) is 3.76. The first-order chi connectivity index (χ1) is 8.61. The van der Waals surface area contributed by atoms with Crippen LogP contribution in [0.4, 0.5) is 0 Å². The molecule has 0 aromatic heterocycles. The van der Waals surface area contributed by atoms with Gasteiger partial charge in [0.05, 0.1) is 0 Å². The smallest absolute Gasteiger partial charge is 0 e. The lowest BCUT2D eigenvalue weighted by molar-refractivity contribution is 0.867. The average Bonchev–Trinajstić information content (AvgIpc) is 2.41. The molecule has 2 aromatic rings. The normalized spacial score (nSPS) is 9.56. The van der Waals surface area contributed by atoms with Crippen molar-refractivity contribution in [2.45, 2.75) is 26.7 Å². The van der Waals surface area contributed by atoms with Gasteiger partial charge >= 0.3 is 0 Å². The van der Waals surface area contributed by atoms with Crippen LogP contribution in [-0.4, -0.2) is 0 Å². The Balaban J connectivity index is 0.000000324. The van der Waals surface area contributed by atoms with Gasteiger partial charge in [-0.15, -0.1) is 0 Å². The summed E-state index contributed by atoms with van der Waals surface area (Å²) in [4.78, 5) is 0. The van der Waals surface area contributed by atoms with Gasteiger partial charge in [-0.25, -0.2) is 0 Å².